The van der Waals surface area contributed by atoms with Crippen LogP contribution in [-0.2, 0) is 26.2 Å². The summed E-state index contributed by atoms with van der Waals surface area (Å²) in [6.07, 6.45) is 2.77. The number of hydrogen-bond donors (Lipinski definition) is 1. The van der Waals surface area contributed by atoms with E-state index in [4.69, 9.17) is 23.2 Å². The van der Waals surface area contributed by atoms with E-state index in [0.717, 1.165) is 29.0 Å². The molecule has 186 valence electrons. The molecule has 2 amide bonds. The molecule has 2 aromatic carbocycles. The van der Waals surface area contributed by atoms with E-state index in [1.807, 2.05) is 6.92 Å². The van der Waals surface area contributed by atoms with E-state index in [9.17, 15) is 18.0 Å². The van der Waals surface area contributed by atoms with Gasteiger partial charge in [-0.3, -0.25) is 13.9 Å². The number of carbonyl (C=O) groups excluding carboxylic acids is 2. The lowest BCUT2D eigenvalue weighted by Crippen LogP contribution is -2.51. The van der Waals surface area contributed by atoms with E-state index in [0.29, 0.717) is 27.8 Å². The molecule has 2 aromatic rings. The molecule has 34 heavy (non-hydrogen) atoms. The number of nitrogens with one attached hydrogen (secondary N) is 1. The summed E-state index contributed by atoms with van der Waals surface area (Å²) in [5, 5.41) is 3.78. The van der Waals surface area contributed by atoms with Crippen molar-refractivity contribution in [1.82, 2.24) is 10.2 Å². The zero-order chi connectivity index (χ0) is 25.5. The minimum absolute atomic E-state index is 0.116. The molecule has 1 N–H and O–H groups in total. The van der Waals surface area contributed by atoms with Gasteiger partial charge in [0.1, 0.15) is 12.6 Å². The zero-order valence-corrected chi connectivity index (χ0v) is 22.2. The molecule has 0 aliphatic heterocycles. The van der Waals surface area contributed by atoms with E-state index >= 15 is 0 Å². The van der Waals surface area contributed by atoms with Crippen molar-refractivity contribution in [2.45, 2.75) is 46.2 Å². The summed E-state index contributed by atoms with van der Waals surface area (Å²) < 4.78 is 26.3. The molecule has 1 atom stereocenters. The van der Waals surface area contributed by atoms with Gasteiger partial charge in [-0.25, -0.2) is 8.42 Å². The molecule has 0 heterocycles. The van der Waals surface area contributed by atoms with Crippen molar-refractivity contribution in [3.05, 3.63) is 63.6 Å². The fourth-order valence-electron chi connectivity index (χ4n) is 3.37. The average molecular weight is 529 g/mol. The molecule has 10 heteroatoms. The molecule has 0 saturated heterocycles. The first kappa shape index (κ1) is 28.0. The van der Waals surface area contributed by atoms with Crippen LogP contribution in [0.15, 0.2) is 42.5 Å². The number of benzene rings is 2. The van der Waals surface area contributed by atoms with Gasteiger partial charge in [-0.2, -0.15) is 0 Å². The Hall–Kier alpha value is -2.29. The van der Waals surface area contributed by atoms with Gasteiger partial charge in [0.2, 0.25) is 21.8 Å². The summed E-state index contributed by atoms with van der Waals surface area (Å²) in [6, 6.07) is 11.0. The predicted molar refractivity (Wildman–Crippen MR) is 138 cm³/mol. The van der Waals surface area contributed by atoms with Crippen LogP contribution in [-0.4, -0.2) is 50.5 Å². The fourth-order valence-corrected chi connectivity index (χ4v) is 4.56. The monoisotopic (exact) mass is 527 g/mol. The first-order valence-electron chi connectivity index (χ1n) is 11.0. The third kappa shape index (κ3) is 7.61. The molecule has 0 bridgehead atoms. The molecule has 0 radical (unpaired) electrons. The Morgan fingerprint density at radius 3 is 2.32 bits per heavy atom. The van der Waals surface area contributed by atoms with Gasteiger partial charge in [-0.15, -0.1) is 0 Å². The van der Waals surface area contributed by atoms with Gasteiger partial charge in [0, 0.05) is 23.1 Å². The van der Waals surface area contributed by atoms with Crippen molar-refractivity contribution >= 4 is 50.7 Å². The SMILES string of the molecule is CCCCNC(=O)[C@@H](C)N(Cc1ccc(Cl)cc1)C(=O)CN(c1cccc(Cl)c1C)S(C)(=O)=O. The van der Waals surface area contributed by atoms with E-state index in [-0.39, 0.29) is 12.5 Å². The van der Waals surface area contributed by atoms with Crippen molar-refractivity contribution in [2.24, 2.45) is 0 Å². The maximum atomic E-state index is 13.5. The maximum absolute atomic E-state index is 13.5. The molecular weight excluding hydrogens is 497 g/mol. The third-order valence-corrected chi connectivity index (χ3v) is 7.24. The molecule has 0 aliphatic rings. The molecule has 0 spiro atoms. The summed E-state index contributed by atoms with van der Waals surface area (Å²) in [5.41, 5.74) is 1.61. The fraction of sp³-hybridized carbons (Fsp3) is 0.417. The van der Waals surface area contributed by atoms with Crippen LogP contribution in [0, 0.1) is 6.92 Å². The highest BCUT2D eigenvalue weighted by Gasteiger charge is 2.30. The largest absolute Gasteiger partial charge is 0.354 e. The summed E-state index contributed by atoms with van der Waals surface area (Å²) in [6.45, 7) is 5.48. The minimum Gasteiger partial charge on any atom is -0.354 e. The zero-order valence-electron chi connectivity index (χ0n) is 19.8. The average Bonchev–Trinajstić information content (AvgIpc) is 2.78. The van der Waals surface area contributed by atoms with Gasteiger partial charge in [-0.05, 0) is 55.7 Å². The van der Waals surface area contributed by atoms with E-state index < -0.39 is 28.5 Å². The lowest BCUT2D eigenvalue weighted by molar-refractivity contribution is -0.139. The van der Waals surface area contributed by atoms with Gasteiger partial charge >= 0.3 is 0 Å². The number of rotatable bonds is 11. The Balaban J connectivity index is 2.38. The van der Waals surface area contributed by atoms with Crippen LogP contribution in [0.3, 0.4) is 0 Å². The van der Waals surface area contributed by atoms with E-state index in [2.05, 4.69) is 5.32 Å². The van der Waals surface area contributed by atoms with Crippen LogP contribution in [0.2, 0.25) is 10.0 Å². The van der Waals surface area contributed by atoms with Gasteiger partial charge in [-0.1, -0.05) is 54.7 Å². The second kappa shape index (κ2) is 12.4. The first-order valence-corrected chi connectivity index (χ1v) is 13.6. The van der Waals surface area contributed by atoms with Crippen molar-refractivity contribution in [3.63, 3.8) is 0 Å². The smallest absolute Gasteiger partial charge is 0.244 e. The van der Waals surface area contributed by atoms with Crippen molar-refractivity contribution in [3.8, 4) is 0 Å². The molecule has 2 rings (SSSR count). The van der Waals surface area contributed by atoms with E-state index in [1.165, 1.54) is 4.90 Å². The number of carbonyl (C=O) groups is 2. The standard InChI is InChI=1S/C24H31Cl2N3O4S/c1-5-6-14-27-24(31)18(3)28(15-19-10-12-20(25)13-11-19)23(30)16-29(34(4,32)33)22-9-7-8-21(26)17(22)2/h7-13,18H,5-6,14-16H2,1-4H3,(H,27,31)/t18-/m1/s1. The number of amides is 2. The molecule has 0 unspecified atom stereocenters. The number of sulfonamides is 1. The van der Waals surface area contributed by atoms with Crippen LogP contribution in [0.5, 0.6) is 0 Å². The second-order valence-corrected chi connectivity index (χ2v) is 10.9. The van der Waals surface area contributed by atoms with Gasteiger partial charge in [0.05, 0.1) is 11.9 Å². The number of nitrogens with zero attached hydrogens (tertiary/aromatic N) is 2. The maximum Gasteiger partial charge on any atom is 0.244 e. The quantitative estimate of drug-likeness (QED) is 0.438. The highest BCUT2D eigenvalue weighted by molar-refractivity contribution is 7.92. The third-order valence-electron chi connectivity index (χ3n) is 5.45. The normalized spacial score (nSPS) is 12.2. The van der Waals surface area contributed by atoms with Crippen LogP contribution in [0.1, 0.15) is 37.8 Å². The number of anilines is 1. The first-order chi connectivity index (χ1) is 16.0. The second-order valence-electron chi connectivity index (χ2n) is 8.12. The molecule has 0 saturated carbocycles. The minimum atomic E-state index is -3.82. The molecule has 7 nitrogen and oxygen atoms in total. The van der Waals surface area contributed by atoms with Crippen molar-refractivity contribution in [1.29, 1.82) is 0 Å². The van der Waals surface area contributed by atoms with Gasteiger partial charge in [0.15, 0.2) is 0 Å². The predicted octanol–water partition coefficient (Wildman–Crippen LogP) is 4.40. The number of unbranched alkanes of at least 4 members (excludes halogenated alkanes) is 1. The van der Waals surface area contributed by atoms with E-state index in [1.54, 1.807) is 56.3 Å². The van der Waals surface area contributed by atoms with Gasteiger partial charge in [0.25, 0.3) is 0 Å². The van der Waals surface area contributed by atoms with Crippen LogP contribution >= 0.6 is 23.2 Å². The van der Waals surface area contributed by atoms with Gasteiger partial charge < -0.3 is 10.2 Å². The Labute approximate surface area is 212 Å². The highest BCUT2D eigenvalue weighted by atomic mass is 35.5. The Morgan fingerprint density at radius 1 is 1.09 bits per heavy atom. The van der Waals surface area contributed by atoms with Crippen molar-refractivity contribution in [2.75, 3.05) is 23.7 Å². The Kier molecular flexibility index (Phi) is 10.2. The lowest BCUT2D eigenvalue weighted by atomic mass is 10.1. The highest BCUT2D eigenvalue weighted by Crippen LogP contribution is 2.28. The molecule has 0 fully saturated rings. The Bertz CT molecular complexity index is 1110. The summed E-state index contributed by atoms with van der Waals surface area (Å²) >= 11 is 12.2. The van der Waals surface area contributed by atoms with Crippen LogP contribution in [0.4, 0.5) is 5.69 Å². The number of hydrogen-bond acceptors (Lipinski definition) is 4. The Morgan fingerprint density at radius 2 is 1.74 bits per heavy atom. The topological polar surface area (TPSA) is 86.8 Å². The number of halogens is 2. The molecular formula is C24H31Cl2N3O4S. The molecule has 0 aliphatic carbocycles. The summed E-state index contributed by atoms with van der Waals surface area (Å²) in [7, 11) is -3.82. The molecule has 0 aromatic heterocycles. The summed E-state index contributed by atoms with van der Waals surface area (Å²) in [4.78, 5) is 27.7. The van der Waals surface area contributed by atoms with Crippen molar-refractivity contribution < 1.29 is 18.0 Å². The van der Waals surface area contributed by atoms with Crippen LogP contribution < -0.4 is 9.62 Å². The lowest BCUT2D eigenvalue weighted by Gasteiger charge is -2.32. The van der Waals surface area contributed by atoms with Crippen LogP contribution in [0.25, 0.3) is 0 Å². The summed E-state index contributed by atoms with van der Waals surface area (Å²) in [5.74, 6) is -0.821.